The summed E-state index contributed by atoms with van der Waals surface area (Å²) >= 11 is 6.92. The Kier molecular flexibility index (Phi) is 8.07. The minimum Gasteiger partial charge on any atom is -0.394 e. The number of carbonyl (C=O) groups is 2. The fraction of sp³-hybridized carbons (Fsp3) is 0.619. The first-order valence-electron chi connectivity index (χ1n) is 10.4. The topological polar surface area (TPSA) is 83.1 Å². The summed E-state index contributed by atoms with van der Waals surface area (Å²) in [6.45, 7) is 4.43. The van der Waals surface area contributed by atoms with Crippen LogP contribution in [0.25, 0.3) is 0 Å². The summed E-state index contributed by atoms with van der Waals surface area (Å²) in [4.78, 5) is 25.8. The number of rotatable bonds is 9. The molecule has 3 rings (SSSR count). The summed E-state index contributed by atoms with van der Waals surface area (Å²) in [5.74, 6) is -1.59. The molecular weight excluding hydrogens is 449 g/mol. The van der Waals surface area contributed by atoms with Gasteiger partial charge in [0.25, 0.3) is 0 Å². The number of hydrogen-bond donors (Lipinski definition) is 1. The first-order chi connectivity index (χ1) is 14.8. The molecule has 7 nitrogen and oxygen atoms in total. The van der Waals surface area contributed by atoms with Gasteiger partial charge in [-0.2, -0.15) is 0 Å². The molecule has 2 heterocycles. The Morgan fingerprint density at radius 3 is 2.52 bits per heavy atom. The van der Waals surface area contributed by atoms with E-state index in [4.69, 9.17) is 30.5 Å². The summed E-state index contributed by atoms with van der Waals surface area (Å²) in [5.41, 5.74) is -1.02. The number of esters is 2. The standard InChI is InChI=1S/C21H27ClFNO6S/c1-3-20(4-2)18(25)29-21(30-19(20)26,24-14-8-9-16(23)15(22)13-14)31-12-11-28-17-7-5-6-10-27-17/h8-9,13,17,24H,3-7,10-12H2,1-2H3. The molecule has 2 saturated heterocycles. The highest BCUT2D eigenvalue weighted by Crippen LogP contribution is 2.43. The number of anilines is 1. The largest absolute Gasteiger partial charge is 0.395 e. The lowest BCUT2D eigenvalue weighted by Crippen LogP contribution is -2.57. The second kappa shape index (κ2) is 10.4. The average molecular weight is 476 g/mol. The van der Waals surface area contributed by atoms with Gasteiger partial charge < -0.3 is 24.3 Å². The molecule has 0 saturated carbocycles. The van der Waals surface area contributed by atoms with Gasteiger partial charge in [0.15, 0.2) is 11.7 Å². The summed E-state index contributed by atoms with van der Waals surface area (Å²) in [5, 5.41) is 0.949. The highest BCUT2D eigenvalue weighted by atomic mass is 35.5. The first-order valence-corrected chi connectivity index (χ1v) is 11.8. The van der Waals surface area contributed by atoms with Crippen molar-refractivity contribution in [3.8, 4) is 0 Å². The molecule has 31 heavy (non-hydrogen) atoms. The van der Waals surface area contributed by atoms with Gasteiger partial charge in [0.1, 0.15) is 5.82 Å². The van der Waals surface area contributed by atoms with E-state index in [0.29, 0.717) is 24.7 Å². The van der Waals surface area contributed by atoms with E-state index in [9.17, 15) is 14.0 Å². The van der Waals surface area contributed by atoms with Gasteiger partial charge >= 0.3 is 17.2 Å². The van der Waals surface area contributed by atoms with E-state index in [1.807, 2.05) is 0 Å². The molecule has 0 amide bonds. The van der Waals surface area contributed by atoms with E-state index >= 15 is 0 Å². The molecule has 1 aromatic carbocycles. The van der Waals surface area contributed by atoms with Crippen LogP contribution >= 0.6 is 23.4 Å². The van der Waals surface area contributed by atoms with Crippen LogP contribution in [-0.4, -0.2) is 42.4 Å². The smallest absolute Gasteiger partial charge is 0.394 e. The monoisotopic (exact) mass is 475 g/mol. The molecule has 0 radical (unpaired) electrons. The Labute approximate surface area is 190 Å². The second-order valence-electron chi connectivity index (χ2n) is 7.39. The van der Waals surface area contributed by atoms with Crippen LogP contribution in [0.3, 0.4) is 0 Å². The lowest BCUT2D eigenvalue weighted by molar-refractivity contribution is -0.228. The minimum atomic E-state index is -1.82. The van der Waals surface area contributed by atoms with Crippen molar-refractivity contribution in [1.82, 2.24) is 0 Å². The molecule has 172 valence electrons. The van der Waals surface area contributed by atoms with Crippen molar-refractivity contribution in [2.75, 3.05) is 24.3 Å². The lowest BCUT2D eigenvalue weighted by atomic mass is 9.82. The van der Waals surface area contributed by atoms with E-state index in [2.05, 4.69) is 5.32 Å². The number of carbonyl (C=O) groups excluding carboxylic acids is 2. The third kappa shape index (κ3) is 5.45. The minimum absolute atomic E-state index is 0.118. The molecule has 0 spiro atoms. The molecule has 10 heteroatoms. The van der Waals surface area contributed by atoms with Gasteiger partial charge in [-0.3, -0.25) is 9.59 Å². The Bertz CT molecular complexity index is 780. The van der Waals surface area contributed by atoms with E-state index in [1.165, 1.54) is 18.2 Å². The zero-order valence-corrected chi connectivity index (χ0v) is 19.2. The summed E-state index contributed by atoms with van der Waals surface area (Å²) in [6, 6.07) is 3.91. The summed E-state index contributed by atoms with van der Waals surface area (Å²) in [6.07, 6.45) is 3.13. The van der Waals surface area contributed by atoms with Gasteiger partial charge in [-0.15, -0.1) is 0 Å². The van der Waals surface area contributed by atoms with Crippen molar-refractivity contribution in [3.63, 3.8) is 0 Å². The Morgan fingerprint density at radius 2 is 1.94 bits per heavy atom. The van der Waals surface area contributed by atoms with Crippen molar-refractivity contribution in [2.45, 2.75) is 57.5 Å². The van der Waals surface area contributed by atoms with Crippen molar-refractivity contribution < 1.29 is 32.9 Å². The fourth-order valence-electron chi connectivity index (χ4n) is 3.47. The third-order valence-corrected chi connectivity index (χ3v) is 6.79. The van der Waals surface area contributed by atoms with Crippen molar-refractivity contribution in [1.29, 1.82) is 0 Å². The lowest BCUT2D eigenvalue weighted by Gasteiger charge is -2.42. The molecule has 1 N–H and O–H groups in total. The Hall–Kier alpha value is -1.55. The van der Waals surface area contributed by atoms with E-state index in [0.717, 1.165) is 31.0 Å². The van der Waals surface area contributed by atoms with Crippen LogP contribution in [0.2, 0.25) is 5.02 Å². The van der Waals surface area contributed by atoms with E-state index in [1.54, 1.807) is 13.8 Å². The zero-order valence-electron chi connectivity index (χ0n) is 17.6. The van der Waals surface area contributed by atoms with Crippen LogP contribution in [0.15, 0.2) is 18.2 Å². The third-order valence-electron chi connectivity index (χ3n) is 5.48. The molecule has 0 aromatic heterocycles. The quantitative estimate of drug-likeness (QED) is 0.238. The zero-order chi connectivity index (χ0) is 22.5. The number of cyclic esters (lactones) is 2. The van der Waals surface area contributed by atoms with Crippen LogP contribution in [0.5, 0.6) is 0 Å². The van der Waals surface area contributed by atoms with Crippen LogP contribution in [0, 0.1) is 11.2 Å². The maximum Gasteiger partial charge on any atom is 0.395 e. The SMILES string of the molecule is CCC1(CC)C(=O)OC(Nc2ccc(F)c(Cl)c2)(SCCOC2CCCCO2)OC1=O. The number of halogens is 2. The Balaban J connectivity index is 1.74. The Morgan fingerprint density at radius 1 is 1.23 bits per heavy atom. The normalized spacial score (nSPS) is 22.5. The van der Waals surface area contributed by atoms with Crippen LogP contribution < -0.4 is 5.32 Å². The van der Waals surface area contributed by atoms with Gasteiger partial charge in [0.2, 0.25) is 0 Å². The van der Waals surface area contributed by atoms with Crippen LogP contribution in [0.1, 0.15) is 46.0 Å². The number of nitrogens with one attached hydrogen (secondary N) is 1. The van der Waals surface area contributed by atoms with E-state index in [-0.39, 0.29) is 24.2 Å². The molecule has 1 unspecified atom stereocenters. The predicted octanol–water partition coefficient (Wildman–Crippen LogP) is 4.69. The van der Waals surface area contributed by atoms with Crippen molar-refractivity contribution in [3.05, 3.63) is 29.0 Å². The van der Waals surface area contributed by atoms with Gasteiger partial charge in [-0.1, -0.05) is 25.4 Å². The number of hydrogen-bond acceptors (Lipinski definition) is 8. The van der Waals surface area contributed by atoms with Crippen molar-refractivity contribution in [2.24, 2.45) is 5.41 Å². The molecule has 2 fully saturated rings. The van der Waals surface area contributed by atoms with Gasteiger partial charge in [0, 0.05) is 18.0 Å². The van der Waals surface area contributed by atoms with Crippen molar-refractivity contribution >= 4 is 41.0 Å². The average Bonchev–Trinajstić information content (AvgIpc) is 2.75. The molecule has 0 bridgehead atoms. The first kappa shape index (κ1) is 24.1. The number of ether oxygens (including phenoxy) is 4. The molecule has 2 aliphatic rings. The highest BCUT2D eigenvalue weighted by Gasteiger charge is 2.57. The fourth-order valence-corrected chi connectivity index (χ4v) is 4.55. The summed E-state index contributed by atoms with van der Waals surface area (Å²) < 4.78 is 36.1. The molecule has 1 atom stereocenters. The molecule has 2 aliphatic heterocycles. The maximum absolute atomic E-state index is 13.6. The van der Waals surface area contributed by atoms with Crippen LogP contribution in [-0.2, 0) is 28.5 Å². The number of benzene rings is 1. The second-order valence-corrected chi connectivity index (χ2v) is 9.04. The molecule has 1 aromatic rings. The maximum atomic E-state index is 13.6. The van der Waals surface area contributed by atoms with Gasteiger partial charge in [0.05, 0.1) is 11.6 Å². The number of thioether (sulfide) groups is 1. The molecular formula is C21H27ClFNO6S. The van der Waals surface area contributed by atoms with E-state index < -0.39 is 28.4 Å². The van der Waals surface area contributed by atoms with Gasteiger partial charge in [-0.05, 0) is 62.1 Å². The highest BCUT2D eigenvalue weighted by molar-refractivity contribution is 8.00. The summed E-state index contributed by atoms with van der Waals surface area (Å²) in [7, 11) is 0. The van der Waals surface area contributed by atoms with Crippen LogP contribution in [0.4, 0.5) is 10.1 Å². The van der Waals surface area contributed by atoms with Gasteiger partial charge in [-0.25, -0.2) is 4.39 Å². The molecule has 0 aliphatic carbocycles. The predicted molar refractivity (Wildman–Crippen MR) is 115 cm³/mol.